The largest absolute Gasteiger partial charge is 0.472 e. The molecule has 2 unspecified atom stereocenters. The van der Waals surface area contributed by atoms with Gasteiger partial charge in [-0.15, -0.1) is 0 Å². The molecule has 4 fully saturated rings. The number of rotatable bonds is 5. The van der Waals surface area contributed by atoms with Gasteiger partial charge < -0.3 is 19.7 Å². The van der Waals surface area contributed by atoms with Crippen molar-refractivity contribution in [2.75, 3.05) is 31.1 Å². The van der Waals surface area contributed by atoms with Crippen LogP contribution in [0.5, 0.6) is 11.9 Å². The van der Waals surface area contributed by atoms with Crippen LogP contribution in [0.3, 0.4) is 0 Å². The van der Waals surface area contributed by atoms with Gasteiger partial charge in [-0.1, -0.05) is 61.0 Å². The van der Waals surface area contributed by atoms with Crippen LogP contribution in [0.15, 0.2) is 48.6 Å². The van der Waals surface area contributed by atoms with Crippen molar-refractivity contribution in [2.24, 2.45) is 0 Å². The van der Waals surface area contributed by atoms with E-state index in [-0.39, 0.29) is 40.9 Å². The van der Waals surface area contributed by atoms with E-state index >= 15 is 4.39 Å². The fourth-order valence-electron chi connectivity index (χ4n) is 8.84. The summed E-state index contributed by atoms with van der Waals surface area (Å²) in [6.07, 6.45) is 5.82. The predicted molar refractivity (Wildman–Crippen MR) is 174 cm³/mol. The lowest BCUT2D eigenvalue weighted by atomic mass is 9.94. The highest BCUT2D eigenvalue weighted by Gasteiger charge is 2.49. The Morgan fingerprint density at radius 1 is 1.16 bits per heavy atom. The van der Waals surface area contributed by atoms with Crippen molar-refractivity contribution >= 4 is 39.1 Å². The van der Waals surface area contributed by atoms with Gasteiger partial charge in [0, 0.05) is 41.1 Å². The molecule has 0 radical (unpaired) electrons. The minimum atomic E-state index is -0.530. The van der Waals surface area contributed by atoms with Crippen molar-refractivity contribution in [1.82, 2.24) is 25.2 Å². The molecule has 7 heterocycles. The van der Waals surface area contributed by atoms with Crippen LogP contribution in [-0.2, 0) is 0 Å². The number of piperazine rings is 1. The highest BCUT2D eigenvalue weighted by atomic mass is 35.5. The number of hydrogen-bond donors (Lipinski definition) is 1. The first-order chi connectivity index (χ1) is 21.9. The van der Waals surface area contributed by atoms with Gasteiger partial charge in [-0.05, 0) is 56.5 Å². The van der Waals surface area contributed by atoms with Crippen LogP contribution >= 0.6 is 11.6 Å². The molecule has 4 aromatic rings. The monoisotopic (exact) mass is 626 g/mol. The van der Waals surface area contributed by atoms with Crippen LogP contribution in [-0.4, -0.2) is 75.9 Å². The van der Waals surface area contributed by atoms with Crippen LogP contribution in [0.2, 0.25) is 5.02 Å². The molecule has 0 saturated carbocycles. The number of fused-ring (bicyclic) bond motifs is 7. The molecule has 2 aromatic heterocycles. The highest BCUT2D eigenvalue weighted by Crippen LogP contribution is 2.46. The van der Waals surface area contributed by atoms with Crippen molar-refractivity contribution in [2.45, 2.75) is 75.2 Å². The summed E-state index contributed by atoms with van der Waals surface area (Å²) < 4.78 is 30.3. The Bertz CT molecular complexity index is 1880. The van der Waals surface area contributed by atoms with Crippen LogP contribution in [0.1, 0.15) is 45.4 Å². The smallest absolute Gasteiger partial charge is 0.319 e. The van der Waals surface area contributed by atoms with E-state index in [1.165, 1.54) is 5.57 Å². The fraction of sp³-hybridized carbons (Fsp3) is 0.457. The number of benzene rings is 2. The maximum absolute atomic E-state index is 17.1. The molecule has 2 bridgehead atoms. The lowest BCUT2D eigenvalue weighted by Crippen LogP contribution is -2.63. The van der Waals surface area contributed by atoms with E-state index < -0.39 is 5.82 Å². The van der Waals surface area contributed by atoms with Crippen molar-refractivity contribution in [3.8, 4) is 23.1 Å². The standard InChI is InChI=1S/C35H36ClFN6O2/c1-3-25-31-24-12-11-21(38-24)17-43(31)32-27-30(40-34(41-32)44-18-35-13-6-14-42(35)16-19(2)15-35)28(37)29(39-33(27)45-25)22-9-4-7-20-8-5-10-23(36)26(20)22/h4-5,7-10,21,24-25,31,38H,2-3,6,11-18H2,1H3/t21-,24+,25?,31+,35?/m1/s1. The van der Waals surface area contributed by atoms with Gasteiger partial charge in [-0.3, -0.25) is 4.90 Å². The molecule has 0 aliphatic carbocycles. The minimum absolute atomic E-state index is 0.0227. The third-order valence-corrected chi connectivity index (χ3v) is 11.1. The number of anilines is 1. The first-order valence-corrected chi connectivity index (χ1v) is 16.6. The summed E-state index contributed by atoms with van der Waals surface area (Å²) in [5.41, 5.74) is 2.04. The first-order valence-electron chi connectivity index (χ1n) is 16.2. The second-order valence-corrected chi connectivity index (χ2v) is 13.9. The Kier molecular flexibility index (Phi) is 6.31. The number of ether oxygens (including phenoxy) is 2. The maximum Gasteiger partial charge on any atom is 0.319 e. The van der Waals surface area contributed by atoms with E-state index in [1.54, 1.807) is 0 Å². The van der Waals surface area contributed by atoms with Crippen molar-refractivity contribution in [1.29, 1.82) is 0 Å². The molecule has 5 atom stereocenters. The van der Waals surface area contributed by atoms with Gasteiger partial charge in [0.25, 0.3) is 0 Å². The van der Waals surface area contributed by atoms with Crippen molar-refractivity contribution < 1.29 is 13.9 Å². The first kappa shape index (κ1) is 27.8. The third-order valence-electron chi connectivity index (χ3n) is 10.8. The zero-order valence-electron chi connectivity index (χ0n) is 25.4. The van der Waals surface area contributed by atoms with Gasteiger partial charge in [0.1, 0.15) is 35.1 Å². The number of pyridine rings is 1. The van der Waals surface area contributed by atoms with Gasteiger partial charge in [-0.25, -0.2) is 9.37 Å². The predicted octanol–water partition coefficient (Wildman–Crippen LogP) is 6.29. The summed E-state index contributed by atoms with van der Waals surface area (Å²) in [6, 6.07) is 12.2. The van der Waals surface area contributed by atoms with Crippen LogP contribution in [0.4, 0.5) is 10.2 Å². The number of hydrogen-bond acceptors (Lipinski definition) is 8. The molecule has 4 saturated heterocycles. The zero-order valence-corrected chi connectivity index (χ0v) is 26.1. The molecule has 0 spiro atoms. The Labute approximate surface area is 266 Å². The minimum Gasteiger partial charge on any atom is -0.472 e. The van der Waals surface area contributed by atoms with E-state index in [2.05, 4.69) is 28.6 Å². The lowest BCUT2D eigenvalue weighted by Gasteiger charge is -2.43. The normalized spacial score (nSPS) is 28.8. The molecule has 5 aliphatic heterocycles. The Hall–Kier alpha value is -3.53. The molecule has 2 aromatic carbocycles. The quantitative estimate of drug-likeness (QED) is 0.259. The van der Waals surface area contributed by atoms with Crippen molar-refractivity contribution in [3.63, 3.8) is 0 Å². The van der Waals surface area contributed by atoms with Gasteiger partial charge >= 0.3 is 6.01 Å². The number of halogens is 2. The Morgan fingerprint density at radius 2 is 2.02 bits per heavy atom. The van der Waals surface area contributed by atoms with E-state index in [4.69, 9.17) is 36.0 Å². The summed E-state index contributed by atoms with van der Waals surface area (Å²) >= 11 is 6.72. The summed E-state index contributed by atoms with van der Waals surface area (Å²) in [5, 5.41) is 6.49. The molecule has 0 amide bonds. The molecule has 8 nitrogen and oxygen atoms in total. The van der Waals surface area contributed by atoms with Crippen LogP contribution < -0.4 is 19.7 Å². The van der Waals surface area contributed by atoms with E-state index in [9.17, 15) is 0 Å². The van der Waals surface area contributed by atoms with Gasteiger partial charge in [0.15, 0.2) is 5.82 Å². The third kappa shape index (κ3) is 4.20. The molecule has 9 rings (SSSR count). The Balaban J connectivity index is 1.25. The number of nitrogens with one attached hydrogen (secondary N) is 1. The van der Waals surface area contributed by atoms with E-state index in [0.29, 0.717) is 40.3 Å². The molecule has 45 heavy (non-hydrogen) atoms. The molecule has 1 N–H and O–H groups in total. The molecular weight excluding hydrogens is 591 g/mol. The van der Waals surface area contributed by atoms with E-state index in [1.807, 2.05) is 36.4 Å². The topological polar surface area (TPSA) is 75.6 Å². The fourth-order valence-corrected chi connectivity index (χ4v) is 9.13. The van der Waals surface area contributed by atoms with Gasteiger partial charge in [-0.2, -0.15) is 9.97 Å². The molecule has 10 heteroatoms. The second kappa shape index (κ2) is 10.2. The van der Waals surface area contributed by atoms with Gasteiger partial charge in [0.05, 0.1) is 11.6 Å². The van der Waals surface area contributed by atoms with Crippen LogP contribution in [0, 0.1) is 5.82 Å². The summed E-state index contributed by atoms with van der Waals surface area (Å²) in [5.74, 6) is 0.476. The Morgan fingerprint density at radius 3 is 2.89 bits per heavy atom. The average molecular weight is 627 g/mol. The number of nitrogens with zero attached hydrogens (tertiary/aromatic N) is 5. The number of aromatic nitrogens is 3. The lowest BCUT2D eigenvalue weighted by molar-refractivity contribution is 0.108. The summed E-state index contributed by atoms with van der Waals surface area (Å²) in [7, 11) is 0. The molecular formula is C35H36ClFN6O2. The van der Waals surface area contributed by atoms with E-state index in [0.717, 1.165) is 68.9 Å². The zero-order chi connectivity index (χ0) is 30.4. The summed E-state index contributed by atoms with van der Waals surface area (Å²) in [6.45, 7) is 9.53. The maximum atomic E-state index is 17.1. The average Bonchev–Trinajstić information content (AvgIpc) is 3.68. The van der Waals surface area contributed by atoms with Crippen molar-refractivity contribution in [3.05, 3.63) is 59.4 Å². The molecule has 5 aliphatic rings. The second-order valence-electron chi connectivity index (χ2n) is 13.5. The van der Waals surface area contributed by atoms with Gasteiger partial charge in [0.2, 0.25) is 5.88 Å². The molecule has 232 valence electrons. The van der Waals surface area contributed by atoms with Crippen LogP contribution in [0.25, 0.3) is 32.9 Å². The highest BCUT2D eigenvalue weighted by molar-refractivity contribution is 6.36. The summed E-state index contributed by atoms with van der Waals surface area (Å²) in [4.78, 5) is 19.6. The SMILES string of the molecule is C=C1CN2CCCC2(COc2nc3c4c(nc(-c5cccc6cccc(Cl)c56)c(F)c4n2)OC(CC)[C@@H]2[C@@H]4CC[C@H](CN32)N4)C1.